The number of aromatic nitrogens is 4. The number of carbonyl (C=O) groups excluding carboxylic acids is 1. The van der Waals surface area contributed by atoms with Crippen molar-refractivity contribution in [1.82, 2.24) is 24.8 Å². The van der Waals surface area contributed by atoms with Crippen LogP contribution in [-0.2, 0) is 6.42 Å². The minimum Gasteiger partial charge on any atom is -0.338 e. The molecule has 8 heteroatoms. The van der Waals surface area contributed by atoms with Gasteiger partial charge in [0.05, 0.1) is 11.3 Å². The van der Waals surface area contributed by atoms with E-state index in [9.17, 15) is 4.79 Å². The smallest absolute Gasteiger partial charge is 0.256 e. The van der Waals surface area contributed by atoms with Crippen molar-refractivity contribution >= 4 is 17.5 Å². The molecule has 0 unspecified atom stereocenters. The summed E-state index contributed by atoms with van der Waals surface area (Å²) in [5.74, 6) is -0.165. The first-order chi connectivity index (χ1) is 14.0. The van der Waals surface area contributed by atoms with Gasteiger partial charge in [-0.3, -0.25) is 9.78 Å². The summed E-state index contributed by atoms with van der Waals surface area (Å²) in [5, 5.41) is 0.387. The Balaban J connectivity index is 1.47. The fraction of sp³-hybridized carbons (Fsp3) is 0.286. The Labute approximate surface area is 172 Å². The van der Waals surface area contributed by atoms with E-state index in [1.807, 2.05) is 0 Å². The first-order valence-corrected chi connectivity index (χ1v) is 9.72. The lowest BCUT2D eigenvalue weighted by atomic mass is 9.87. The highest BCUT2D eigenvalue weighted by Gasteiger charge is 2.36. The maximum atomic E-state index is 15.3. The average Bonchev–Trinajstić information content (AvgIpc) is 2.76. The molecule has 0 saturated carbocycles. The second kappa shape index (κ2) is 8.21. The first kappa shape index (κ1) is 19.4. The van der Waals surface area contributed by atoms with E-state index in [4.69, 9.17) is 11.6 Å². The predicted octanol–water partition coefficient (Wildman–Crippen LogP) is 3.77. The van der Waals surface area contributed by atoms with Gasteiger partial charge in [-0.2, -0.15) is 0 Å². The highest BCUT2D eigenvalue weighted by atomic mass is 35.5. The zero-order chi connectivity index (χ0) is 20.3. The van der Waals surface area contributed by atoms with E-state index in [2.05, 4.69) is 19.9 Å². The zero-order valence-electron chi connectivity index (χ0n) is 15.6. The van der Waals surface area contributed by atoms with Crippen LogP contribution in [0.2, 0.25) is 5.15 Å². The first-order valence-electron chi connectivity index (χ1n) is 9.34. The summed E-state index contributed by atoms with van der Waals surface area (Å²) in [7, 11) is 0. The van der Waals surface area contributed by atoms with Gasteiger partial charge < -0.3 is 4.90 Å². The minimum absolute atomic E-state index is 0.165. The van der Waals surface area contributed by atoms with E-state index >= 15 is 4.39 Å². The quantitative estimate of drug-likeness (QED) is 0.611. The fourth-order valence-electron chi connectivity index (χ4n) is 3.55. The Morgan fingerprint density at radius 1 is 1.10 bits per heavy atom. The highest BCUT2D eigenvalue weighted by Crippen LogP contribution is 2.32. The molecule has 0 atom stereocenters. The number of amides is 1. The number of alkyl halides is 1. The molecule has 1 aliphatic heterocycles. The SMILES string of the molecule is O=C(c1cccnc1-c1ccncn1)N1CCC(F)(Cc2ccc(Cl)nc2)CC1. The van der Waals surface area contributed by atoms with Gasteiger partial charge in [-0.1, -0.05) is 17.7 Å². The Hall–Kier alpha value is -2.93. The molecule has 1 saturated heterocycles. The molecule has 0 spiro atoms. The third-order valence-corrected chi connectivity index (χ3v) is 5.34. The van der Waals surface area contributed by atoms with E-state index < -0.39 is 5.67 Å². The number of nitrogens with zero attached hydrogens (tertiary/aromatic N) is 5. The molecule has 0 aliphatic carbocycles. The lowest BCUT2D eigenvalue weighted by Crippen LogP contribution is -2.45. The molecule has 29 heavy (non-hydrogen) atoms. The maximum absolute atomic E-state index is 15.3. The number of pyridine rings is 2. The summed E-state index contributed by atoms with van der Waals surface area (Å²) in [4.78, 5) is 31.2. The number of piperidine rings is 1. The van der Waals surface area contributed by atoms with E-state index in [1.54, 1.807) is 53.8 Å². The fourth-order valence-corrected chi connectivity index (χ4v) is 3.66. The summed E-state index contributed by atoms with van der Waals surface area (Å²) in [5.41, 5.74) is 0.978. The Morgan fingerprint density at radius 3 is 2.62 bits per heavy atom. The van der Waals surface area contributed by atoms with Crippen LogP contribution in [0.4, 0.5) is 4.39 Å². The van der Waals surface area contributed by atoms with Crippen LogP contribution in [-0.4, -0.2) is 49.5 Å². The molecule has 6 nitrogen and oxygen atoms in total. The van der Waals surface area contributed by atoms with Gasteiger partial charge in [-0.15, -0.1) is 0 Å². The Morgan fingerprint density at radius 2 is 1.93 bits per heavy atom. The third-order valence-electron chi connectivity index (χ3n) is 5.12. The van der Waals surface area contributed by atoms with Gasteiger partial charge in [0.25, 0.3) is 5.91 Å². The van der Waals surface area contributed by atoms with Crippen LogP contribution < -0.4 is 0 Å². The molecule has 148 valence electrons. The molecule has 3 aromatic heterocycles. The zero-order valence-corrected chi connectivity index (χ0v) is 16.4. The summed E-state index contributed by atoms with van der Waals surface area (Å²) in [6.45, 7) is 0.683. The molecule has 0 bridgehead atoms. The van der Waals surface area contributed by atoms with Crippen LogP contribution in [0.25, 0.3) is 11.4 Å². The van der Waals surface area contributed by atoms with Crippen LogP contribution in [0.3, 0.4) is 0 Å². The predicted molar refractivity (Wildman–Crippen MR) is 107 cm³/mol. The molecule has 1 amide bonds. The van der Waals surface area contributed by atoms with Crippen molar-refractivity contribution in [2.45, 2.75) is 24.9 Å². The maximum Gasteiger partial charge on any atom is 0.256 e. The van der Waals surface area contributed by atoms with Crippen LogP contribution >= 0.6 is 11.6 Å². The molecule has 0 aromatic carbocycles. The number of halogens is 2. The number of likely N-dealkylation sites (tertiary alicyclic amines) is 1. The molecule has 4 heterocycles. The monoisotopic (exact) mass is 411 g/mol. The number of carbonyl (C=O) groups is 1. The van der Waals surface area contributed by atoms with Crippen molar-refractivity contribution in [2.75, 3.05) is 13.1 Å². The summed E-state index contributed by atoms with van der Waals surface area (Å²) in [6.07, 6.45) is 7.05. The van der Waals surface area contributed by atoms with Crippen LogP contribution in [0, 0.1) is 0 Å². The molecule has 0 N–H and O–H groups in total. The summed E-state index contributed by atoms with van der Waals surface area (Å²) >= 11 is 5.80. The van der Waals surface area contributed by atoms with Gasteiger partial charge in [0.15, 0.2) is 0 Å². The van der Waals surface area contributed by atoms with Crippen molar-refractivity contribution in [2.24, 2.45) is 0 Å². The lowest BCUT2D eigenvalue weighted by Gasteiger charge is -2.36. The van der Waals surface area contributed by atoms with Crippen molar-refractivity contribution in [1.29, 1.82) is 0 Å². The molecule has 4 rings (SSSR count). The third kappa shape index (κ3) is 4.40. The second-order valence-corrected chi connectivity index (χ2v) is 7.49. The van der Waals surface area contributed by atoms with Crippen molar-refractivity contribution in [3.63, 3.8) is 0 Å². The van der Waals surface area contributed by atoms with E-state index in [0.717, 1.165) is 5.56 Å². The van der Waals surface area contributed by atoms with Crippen LogP contribution in [0.15, 0.2) is 55.2 Å². The Kier molecular flexibility index (Phi) is 5.49. The molecular formula is C21H19ClFN5O. The largest absolute Gasteiger partial charge is 0.338 e. The molecule has 3 aromatic rings. The highest BCUT2D eigenvalue weighted by molar-refractivity contribution is 6.29. The second-order valence-electron chi connectivity index (χ2n) is 7.10. The van der Waals surface area contributed by atoms with Crippen molar-refractivity contribution < 1.29 is 9.18 Å². The van der Waals surface area contributed by atoms with E-state index in [1.165, 1.54) is 6.33 Å². The van der Waals surface area contributed by atoms with Gasteiger partial charge in [-0.25, -0.2) is 19.3 Å². The Bertz CT molecular complexity index is 991. The van der Waals surface area contributed by atoms with E-state index in [0.29, 0.717) is 35.2 Å². The summed E-state index contributed by atoms with van der Waals surface area (Å²) in [6, 6.07) is 8.61. The topological polar surface area (TPSA) is 71.9 Å². The summed E-state index contributed by atoms with van der Waals surface area (Å²) < 4.78 is 15.3. The molecule has 1 fully saturated rings. The number of hydrogen-bond acceptors (Lipinski definition) is 5. The average molecular weight is 412 g/mol. The minimum atomic E-state index is -1.36. The number of hydrogen-bond donors (Lipinski definition) is 0. The van der Waals surface area contributed by atoms with Gasteiger partial charge >= 0.3 is 0 Å². The van der Waals surface area contributed by atoms with Gasteiger partial charge in [-0.05, 0) is 42.7 Å². The van der Waals surface area contributed by atoms with Crippen molar-refractivity contribution in [3.8, 4) is 11.4 Å². The van der Waals surface area contributed by atoms with Gasteiger partial charge in [0.1, 0.15) is 22.8 Å². The van der Waals surface area contributed by atoms with Crippen LogP contribution in [0.5, 0.6) is 0 Å². The van der Waals surface area contributed by atoms with E-state index in [-0.39, 0.29) is 25.2 Å². The standard InChI is InChI=1S/C21H19ClFN5O/c22-18-4-3-15(13-26-18)12-21(23)6-10-28(11-7-21)20(29)16-2-1-8-25-19(16)17-5-9-24-14-27-17/h1-5,8-9,13-14H,6-7,10-12H2. The molecular weight excluding hydrogens is 393 g/mol. The molecule has 1 aliphatic rings. The van der Waals surface area contributed by atoms with Crippen molar-refractivity contribution in [3.05, 3.63) is 71.5 Å². The van der Waals surface area contributed by atoms with Crippen LogP contribution in [0.1, 0.15) is 28.8 Å². The molecule has 0 radical (unpaired) electrons. The number of rotatable bonds is 4. The van der Waals surface area contributed by atoms with Gasteiger partial charge in [0.2, 0.25) is 0 Å². The van der Waals surface area contributed by atoms with Gasteiger partial charge in [0, 0.05) is 38.1 Å². The normalized spacial score (nSPS) is 15.9. The lowest BCUT2D eigenvalue weighted by molar-refractivity contribution is 0.0437.